The molecule has 9 heteroatoms. The number of rotatable bonds is 4. The van der Waals surface area contributed by atoms with Crippen LogP contribution < -0.4 is 16.4 Å². The fourth-order valence-corrected chi connectivity index (χ4v) is 5.76. The molecule has 5 aromatic carbocycles. The highest BCUT2D eigenvalue weighted by molar-refractivity contribution is 6.40. The number of nitrogen functional groups attached to an aromatic ring is 1. The van der Waals surface area contributed by atoms with E-state index in [1.165, 1.54) is 16.7 Å². The summed E-state index contributed by atoms with van der Waals surface area (Å²) in [6.45, 7) is 19.9. The number of hydrogen-bond donors (Lipinski definition) is 3. The van der Waals surface area contributed by atoms with E-state index in [2.05, 4.69) is 144 Å². The molecule has 284 valence electrons. The van der Waals surface area contributed by atoms with Crippen molar-refractivity contribution >= 4 is 74.0 Å². The molecule has 55 heavy (non-hydrogen) atoms. The van der Waals surface area contributed by atoms with Crippen molar-refractivity contribution in [2.45, 2.75) is 78.6 Å². The van der Waals surface area contributed by atoms with Gasteiger partial charge in [-0.1, -0.05) is 146 Å². The largest absolute Gasteiger partial charge is 0.399 e. The molecule has 2 aromatic heterocycles. The minimum atomic E-state index is 0.118. The SMILES string of the molecule is CC(C)(C)c1ccc(N)cc1.CC(C)(C)c1ccc(Nc2nc3ccccc3nc2Nc2ccc(C(C)(C)C)cc2)cc1.Clc1nc2ccccc2nc1Cl. The van der Waals surface area contributed by atoms with Crippen molar-refractivity contribution in [3.8, 4) is 0 Å². The number of anilines is 5. The first kappa shape index (κ1) is 40.9. The van der Waals surface area contributed by atoms with Crippen LogP contribution in [-0.2, 0) is 16.2 Å². The third-order valence-electron chi connectivity index (χ3n) is 8.86. The summed E-state index contributed by atoms with van der Waals surface area (Å²) in [6, 6.07) is 40.4. The summed E-state index contributed by atoms with van der Waals surface area (Å²) >= 11 is 11.4. The van der Waals surface area contributed by atoms with E-state index < -0.39 is 0 Å². The summed E-state index contributed by atoms with van der Waals surface area (Å²) in [5.74, 6) is 1.40. The van der Waals surface area contributed by atoms with E-state index in [0.29, 0.717) is 11.6 Å². The van der Waals surface area contributed by atoms with Crippen LogP contribution in [0.5, 0.6) is 0 Å². The summed E-state index contributed by atoms with van der Waals surface area (Å²) in [6.07, 6.45) is 0. The fraction of sp³-hybridized carbons (Fsp3) is 0.261. The molecule has 0 spiro atoms. The van der Waals surface area contributed by atoms with Gasteiger partial charge in [0, 0.05) is 17.1 Å². The molecule has 0 aliphatic heterocycles. The number of halogens is 2. The van der Waals surface area contributed by atoms with E-state index in [1.807, 2.05) is 60.7 Å². The molecule has 7 aromatic rings. The number of nitrogens with zero attached hydrogens (tertiary/aromatic N) is 4. The Labute approximate surface area is 335 Å². The molecule has 2 heterocycles. The van der Waals surface area contributed by atoms with E-state index in [9.17, 15) is 0 Å². The van der Waals surface area contributed by atoms with E-state index >= 15 is 0 Å². The summed E-state index contributed by atoms with van der Waals surface area (Å²) in [4.78, 5) is 17.8. The van der Waals surface area contributed by atoms with Crippen LogP contribution in [0.2, 0.25) is 10.3 Å². The van der Waals surface area contributed by atoms with Gasteiger partial charge in [0.15, 0.2) is 21.9 Å². The zero-order valence-corrected chi connectivity index (χ0v) is 34.7. The molecular weight excluding hydrogens is 721 g/mol. The van der Waals surface area contributed by atoms with Crippen molar-refractivity contribution in [2.24, 2.45) is 0 Å². The maximum atomic E-state index is 5.68. The summed E-state index contributed by atoms with van der Waals surface area (Å²) in [7, 11) is 0. The Hall–Kier alpha value is -5.24. The van der Waals surface area contributed by atoms with Crippen LogP contribution in [0, 0.1) is 0 Å². The number of para-hydroxylation sites is 4. The van der Waals surface area contributed by atoms with E-state index in [1.54, 1.807) is 0 Å². The first-order valence-corrected chi connectivity index (χ1v) is 19.1. The van der Waals surface area contributed by atoms with Gasteiger partial charge in [-0.25, -0.2) is 19.9 Å². The van der Waals surface area contributed by atoms with Gasteiger partial charge >= 0.3 is 0 Å². The van der Waals surface area contributed by atoms with Crippen LogP contribution in [0.4, 0.5) is 28.7 Å². The van der Waals surface area contributed by atoms with Crippen molar-refractivity contribution in [1.82, 2.24) is 19.9 Å². The lowest BCUT2D eigenvalue weighted by molar-refractivity contribution is 0.590. The Balaban J connectivity index is 0.000000204. The molecule has 0 radical (unpaired) electrons. The maximum Gasteiger partial charge on any atom is 0.174 e. The van der Waals surface area contributed by atoms with E-state index in [0.717, 1.165) is 39.1 Å². The second kappa shape index (κ2) is 17.1. The minimum Gasteiger partial charge on any atom is -0.399 e. The van der Waals surface area contributed by atoms with Gasteiger partial charge in [0.25, 0.3) is 0 Å². The van der Waals surface area contributed by atoms with E-state index in [4.69, 9.17) is 38.9 Å². The van der Waals surface area contributed by atoms with Gasteiger partial charge < -0.3 is 16.4 Å². The highest BCUT2D eigenvalue weighted by Gasteiger charge is 2.16. The first-order chi connectivity index (χ1) is 25.9. The third-order valence-corrected chi connectivity index (χ3v) is 9.49. The first-order valence-electron chi connectivity index (χ1n) is 18.3. The molecule has 0 aliphatic carbocycles. The molecule has 0 atom stereocenters. The molecule has 0 unspecified atom stereocenters. The minimum absolute atomic E-state index is 0.118. The Bertz CT molecular complexity index is 2200. The molecule has 7 rings (SSSR count). The second-order valence-electron chi connectivity index (χ2n) is 16.5. The predicted molar refractivity (Wildman–Crippen MR) is 235 cm³/mol. The van der Waals surface area contributed by atoms with Crippen molar-refractivity contribution in [3.63, 3.8) is 0 Å². The normalized spacial score (nSPS) is 11.6. The number of hydrogen-bond acceptors (Lipinski definition) is 7. The predicted octanol–water partition coefficient (Wildman–Crippen LogP) is 13.2. The molecule has 7 nitrogen and oxygen atoms in total. The van der Waals surface area contributed by atoms with Crippen LogP contribution in [0.3, 0.4) is 0 Å². The molecule has 0 saturated heterocycles. The Morgan fingerprint density at radius 3 is 0.964 bits per heavy atom. The van der Waals surface area contributed by atoms with Gasteiger partial charge in [-0.3, -0.25) is 0 Å². The van der Waals surface area contributed by atoms with Gasteiger partial charge in [-0.15, -0.1) is 0 Å². The fourth-order valence-electron chi connectivity index (χ4n) is 5.50. The number of fused-ring (bicyclic) bond motifs is 2. The lowest BCUT2D eigenvalue weighted by Crippen LogP contribution is -2.11. The Kier molecular flexibility index (Phi) is 12.7. The second-order valence-corrected chi connectivity index (χ2v) is 17.2. The quantitative estimate of drug-likeness (QED) is 0.153. The van der Waals surface area contributed by atoms with Crippen molar-refractivity contribution in [3.05, 3.63) is 148 Å². The van der Waals surface area contributed by atoms with Gasteiger partial charge in [-0.2, -0.15) is 0 Å². The molecule has 0 amide bonds. The zero-order chi connectivity index (χ0) is 40.0. The summed E-state index contributed by atoms with van der Waals surface area (Å²) in [5, 5.41) is 7.42. The third kappa shape index (κ3) is 11.4. The maximum absolute atomic E-state index is 5.68. The zero-order valence-electron chi connectivity index (χ0n) is 33.2. The lowest BCUT2D eigenvalue weighted by Gasteiger charge is -2.20. The number of benzene rings is 5. The lowest BCUT2D eigenvalue weighted by atomic mass is 9.87. The molecular formula is C46H51Cl2N7. The highest BCUT2D eigenvalue weighted by atomic mass is 35.5. The van der Waals surface area contributed by atoms with Crippen LogP contribution in [0.15, 0.2) is 121 Å². The molecule has 0 saturated carbocycles. The smallest absolute Gasteiger partial charge is 0.174 e. The number of nitrogens with two attached hydrogens (primary N) is 1. The number of nitrogens with one attached hydrogen (secondary N) is 2. The summed E-state index contributed by atoms with van der Waals surface area (Å²) < 4.78 is 0. The molecule has 0 bridgehead atoms. The topological polar surface area (TPSA) is 102 Å². The average Bonchev–Trinajstić information content (AvgIpc) is 3.12. The van der Waals surface area contributed by atoms with E-state index in [-0.39, 0.29) is 26.6 Å². The Morgan fingerprint density at radius 1 is 0.400 bits per heavy atom. The van der Waals surface area contributed by atoms with Crippen LogP contribution >= 0.6 is 23.2 Å². The van der Waals surface area contributed by atoms with Crippen molar-refractivity contribution in [2.75, 3.05) is 16.4 Å². The number of aromatic nitrogens is 4. The standard InChI is InChI=1S/C28H32N4.C10H15N.C8H4Cl2N2/c1-27(2,3)19-11-15-21(16-12-19)29-25-26(32-24-10-8-7-9-23(24)31-25)30-22-17-13-20(14-18-22)28(4,5)6;1-10(2,3)8-4-6-9(11)7-5-8;9-7-8(10)12-6-4-2-1-3-5(6)11-7/h7-18H,1-6H3,(H,29,31)(H,30,32);4-7H,11H2,1-3H3;1-4H. The van der Waals surface area contributed by atoms with Gasteiger partial charge in [0.05, 0.1) is 22.1 Å². The van der Waals surface area contributed by atoms with Gasteiger partial charge in [0.1, 0.15) is 0 Å². The van der Waals surface area contributed by atoms with Crippen LogP contribution in [-0.4, -0.2) is 19.9 Å². The molecule has 0 aliphatic rings. The van der Waals surface area contributed by atoms with Crippen LogP contribution in [0.25, 0.3) is 22.1 Å². The van der Waals surface area contributed by atoms with Crippen molar-refractivity contribution < 1.29 is 0 Å². The van der Waals surface area contributed by atoms with Gasteiger partial charge in [0.2, 0.25) is 0 Å². The van der Waals surface area contributed by atoms with Crippen molar-refractivity contribution in [1.29, 1.82) is 0 Å². The molecule has 4 N–H and O–H groups in total. The molecule has 0 fully saturated rings. The summed E-state index contributed by atoms with van der Waals surface area (Å²) in [5.41, 5.74) is 16.0. The highest BCUT2D eigenvalue weighted by Crippen LogP contribution is 2.31. The Morgan fingerprint density at radius 2 is 0.673 bits per heavy atom. The van der Waals surface area contributed by atoms with Crippen LogP contribution in [0.1, 0.15) is 79.0 Å². The average molecular weight is 773 g/mol. The van der Waals surface area contributed by atoms with Gasteiger partial charge in [-0.05, 0) is 93.6 Å². The monoisotopic (exact) mass is 771 g/mol.